The number of rotatable bonds is 2. The highest BCUT2D eigenvalue weighted by Gasteiger charge is 2.18. The van der Waals surface area contributed by atoms with Crippen molar-refractivity contribution in [1.82, 2.24) is 9.97 Å². The Morgan fingerprint density at radius 2 is 1.95 bits per heavy atom. The fourth-order valence-corrected chi connectivity index (χ4v) is 3.05. The van der Waals surface area contributed by atoms with E-state index in [-0.39, 0.29) is 5.78 Å². The first-order chi connectivity index (χ1) is 9.97. The number of H-pyrrole nitrogens is 1. The molecule has 0 aliphatic rings. The lowest BCUT2D eigenvalue weighted by Gasteiger charge is -2.08. The van der Waals surface area contributed by atoms with E-state index in [0.717, 1.165) is 19.9 Å². The van der Waals surface area contributed by atoms with Gasteiger partial charge >= 0.3 is 0 Å². The maximum absolute atomic E-state index is 12.8. The molecule has 0 radical (unpaired) electrons. The highest BCUT2D eigenvalue weighted by molar-refractivity contribution is 9.10. The van der Waals surface area contributed by atoms with E-state index in [1.807, 2.05) is 13.0 Å². The quantitative estimate of drug-likeness (QED) is 0.492. The third kappa shape index (κ3) is 2.49. The second kappa shape index (κ2) is 5.27. The molecule has 0 unspecified atom stereocenters. The number of nitrogens with two attached hydrogens (primary N) is 1. The lowest BCUT2D eigenvalue weighted by molar-refractivity contribution is 0.103. The minimum Gasteiger partial charge on any atom is -0.398 e. The first-order valence-corrected chi connectivity index (χ1v) is 7.79. The number of aromatic amines is 1. The topological polar surface area (TPSA) is 71.8 Å². The first-order valence-electron chi connectivity index (χ1n) is 6.20. The van der Waals surface area contributed by atoms with Crippen LogP contribution >= 0.6 is 31.9 Å². The number of hydrogen-bond acceptors (Lipinski definition) is 3. The van der Waals surface area contributed by atoms with Gasteiger partial charge in [-0.3, -0.25) is 4.79 Å². The molecule has 4 nitrogen and oxygen atoms in total. The number of nitrogens with one attached hydrogen (secondary N) is 1. The van der Waals surface area contributed by atoms with Crippen LogP contribution in [0.5, 0.6) is 0 Å². The number of carbonyl (C=O) groups is 1. The summed E-state index contributed by atoms with van der Waals surface area (Å²) < 4.78 is 1.61. The van der Waals surface area contributed by atoms with Gasteiger partial charge in [0, 0.05) is 43.5 Å². The van der Waals surface area contributed by atoms with Gasteiger partial charge in [-0.1, -0.05) is 15.9 Å². The number of pyridine rings is 1. The van der Waals surface area contributed by atoms with Gasteiger partial charge in [-0.15, -0.1) is 0 Å². The summed E-state index contributed by atoms with van der Waals surface area (Å²) in [4.78, 5) is 20.1. The molecular weight excluding hydrogens is 398 g/mol. The number of aromatic nitrogens is 2. The smallest absolute Gasteiger partial charge is 0.195 e. The summed E-state index contributed by atoms with van der Waals surface area (Å²) in [5, 5.41) is 0.785. The third-order valence-corrected chi connectivity index (χ3v) is 4.29. The molecule has 3 aromatic rings. The molecule has 3 rings (SSSR count). The first kappa shape index (κ1) is 14.3. The molecule has 0 fully saturated rings. The molecule has 21 heavy (non-hydrogen) atoms. The van der Waals surface area contributed by atoms with Crippen molar-refractivity contribution in [3.63, 3.8) is 0 Å². The molecule has 1 aromatic carbocycles. The number of carbonyl (C=O) groups excluding carboxylic acids is 1. The van der Waals surface area contributed by atoms with Crippen molar-refractivity contribution in [2.45, 2.75) is 6.92 Å². The van der Waals surface area contributed by atoms with Gasteiger partial charge < -0.3 is 10.7 Å². The highest BCUT2D eigenvalue weighted by Crippen LogP contribution is 2.28. The fraction of sp³-hybridized carbons (Fsp3) is 0.0667. The Morgan fingerprint density at radius 3 is 2.71 bits per heavy atom. The van der Waals surface area contributed by atoms with Crippen molar-refractivity contribution in [1.29, 1.82) is 0 Å². The maximum Gasteiger partial charge on any atom is 0.195 e. The maximum atomic E-state index is 12.8. The van der Waals surface area contributed by atoms with Crippen LogP contribution in [0.2, 0.25) is 0 Å². The fourth-order valence-electron chi connectivity index (χ4n) is 2.25. The molecule has 0 saturated carbocycles. The van der Waals surface area contributed by atoms with E-state index in [9.17, 15) is 4.79 Å². The van der Waals surface area contributed by atoms with E-state index < -0.39 is 0 Å². The normalized spacial score (nSPS) is 11.0. The summed E-state index contributed by atoms with van der Waals surface area (Å²) in [6.45, 7) is 1.85. The SMILES string of the molecule is Cc1c(N)cc(Br)cc1C(=O)c1c[nH]c2ncc(Br)cc12. The largest absolute Gasteiger partial charge is 0.398 e. The summed E-state index contributed by atoms with van der Waals surface area (Å²) in [7, 11) is 0. The van der Waals surface area contributed by atoms with Gasteiger partial charge in [0.1, 0.15) is 5.65 Å². The lowest BCUT2D eigenvalue weighted by Crippen LogP contribution is -2.05. The Labute approximate surface area is 138 Å². The van der Waals surface area contributed by atoms with Crippen molar-refractivity contribution >= 4 is 54.4 Å². The van der Waals surface area contributed by atoms with Crippen molar-refractivity contribution in [2.75, 3.05) is 5.73 Å². The van der Waals surface area contributed by atoms with E-state index in [1.165, 1.54) is 0 Å². The van der Waals surface area contributed by atoms with Gasteiger partial charge in [0.15, 0.2) is 5.78 Å². The van der Waals surface area contributed by atoms with E-state index in [4.69, 9.17) is 5.73 Å². The molecule has 0 bridgehead atoms. The van der Waals surface area contributed by atoms with Crippen LogP contribution in [-0.2, 0) is 0 Å². The third-order valence-electron chi connectivity index (χ3n) is 3.40. The van der Waals surface area contributed by atoms with Gasteiger partial charge in [0.2, 0.25) is 0 Å². The van der Waals surface area contributed by atoms with E-state index in [2.05, 4.69) is 41.8 Å². The number of hydrogen-bond donors (Lipinski definition) is 2. The van der Waals surface area contributed by atoms with Gasteiger partial charge in [0.25, 0.3) is 0 Å². The number of nitrogen functional groups attached to an aromatic ring is 1. The van der Waals surface area contributed by atoms with Crippen LogP contribution < -0.4 is 5.73 Å². The van der Waals surface area contributed by atoms with Crippen LogP contribution in [0.4, 0.5) is 5.69 Å². The predicted octanol–water partition coefficient (Wildman–Crippen LogP) is 4.21. The van der Waals surface area contributed by atoms with Crippen molar-refractivity contribution in [3.05, 3.63) is 56.2 Å². The summed E-state index contributed by atoms with van der Waals surface area (Å²) in [5.74, 6) is -0.0772. The predicted molar refractivity (Wildman–Crippen MR) is 90.5 cm³/mol. The molecule has 6 heteroatoms. The van der Waals surface area contributed by atoms with Crippen LogP contribution in [0.3, 0.4) is 0 Å². The highest BCUT2D eigenvalue weighted by atomic mass is 79.9. The Hall–Kier alpha value is -1.66. The molecule has 0 spiro atoms. The van der Waals surface area contributed by atoms with Gasteiger partial charge in [-0.05, 0) is 46.6 Å². The Morgan fingerprint density at radius 1 is 1.19 bits per heavy atom. The number of benzene rings is 1. The summed E-state index contributed by atoms with van der Waals surface area (Å²) in [6, 6.07) is 5.46. The molecule has 3 N–H and O–H groups in total. The summed E-state index contributed by atoms with van der Waals surface area (Å²) in [5.41, 5.74) is 9.16. The van der Waals surface area contributed by atoms with Crippen LogP contribution in [0, 0.1) is 6.92 Å². The van der Waals surface area contributed by atoms with E-state index in [0.29, 0.717) is 22.5 Å². The Balaban J connectivity index is 2.19. The number of ketones is 1. The van der Waals surface area contributed by atoms with Crippen LogP contribution in [0.25, 0.3) is 11.0 Å². The zero-order valence-corrected chi connectivity index (χ0v) is 14.2. The average molecular weight is 409 g/mol. The Bertz CT molecular complexity index is 871. The molecule has 0 saturated heterocycles. The number of halogens is 2. The van der Waals surface area contributed by atoms with Crippen molar-refractivity contribution in [3.8, 4) is 0 Å². The molecule has 0 atom stereocenters. The standard InChI is InChI=1S/C15H11Br2N3O/c1-7-10(2-8(16)4-13(7)18)14(21)12-6-20-15-11(12)3-9(17)5-19-15/h2-6H,18H2,1H3,(H,19,20). The minimum atomic E-state index is -0.0772. The van der Waals surface area contributed by atoms with Gasteiger partial charge in [-0.2, -0.15) is 0 Å². The molecule has 0 amide bonds. The zero-order chi connectivity index (χ0) is 15.1. The molecule has 0 aliphatic heterocycles. The number of nitrogens with zero attached hydrogens (tertiary/aromatic N) is 1. The Kier molecular flexibility index (Phi) is 3.59. The molecule has 106 valence electrons. The van der Waals surface area contributed by atoms with E-state index in [1.54, 1.807) is 24.5 Å². The number of anilines is 1. The molecule has 2 heterocycles. The van der Waals surface area contributed by atoms with Gasteiger partial charge in [-0.25, -0.2) is 4.98 Å². The summed E-state index contributed by atoms with van der Waals surface area (Å²) in [6.07, 6.45) is 3.37. The van der Waals surface area contributed by atoms with Crippen LogP contribution in [0.1, 0.15) is 21.5 Å². The average Bonchev–Trinajstić information content (AvgIpc) is 2.85. The minimum absolute atomic E-state index is 0.0772. The van der Waals surface area contributed by atoms with E-state index >= 15 is 0 Å². The molecular formula is C15H11Br2N3O. The van der Waals surface area contributed by atoms with Crippen LogP contribution in [0.15, 0.2) is 39.5 Å². The van der Waals surface area contributed by atoms with Gasteiger partial charge in [0.05, 0.1) is 0 Å². The van der Waals surface area contributed by atoms with Crippen LogP contribution in [-0.4, -0.2) is 15.8 Å². The molecule has 2 aromatic heterocycles. The lowest BCUT2D eigenvalue weighted by atomic mass is 9.98. The second-order valence-electron chi connectivity index (χ2n) is 4.75. The number of fused-ring (bicyclic) bond motifs is 1. The van der Waals surface area contributed by atoms with Crippen molar-refractivity contribution < 1.29 is 4.79 Å². The zero-order valence-electron chi connectivity index (χ0n) is 11.1. The second-order valence-corrected chi connectivity index (χ2v) is 6.58. The summed E-state index contributed by atoms with van der Waals surface area (Å²) >= 11 is 6.76. The molecule has 0 aliphatic carbocycles. The van der Waals surface area contributed by atoms with Crippen molar-refractivity contribution in [2.24, 2.45) is 0 Å². The monoisotopic (exact) mass is 407 g/mol.